The van der Waals surface area contributed by atoms with Gasteiger partial charge in [0.1, 0.15) is 6.04 Å². The number of quaternary nitrogens is 1. The van der Waals surface area contributed by atoms with Gasteiger partial charge < -0.3 is 31.8 Å². The van der Waals surface area contributed by atoms with Gasteiger partial charge in [-0.1, -0.05) is 6.08 Å². The monoisotopic (exact) mass is 315 g/mol. The number of hydrogen-bond acceptors (Lipinski definition) is 2. The average molecular weight is 316 g/mol. The highest BCUT2D eigenvalue weighted by Gasteiger charge is 2.57. The van der Waals surface area contributed by atoms with Gasteiger partial charge in [0.15, 0.2) is 5.60 Å². The van der Waals surface area contributed by atoms with Crippen molar-refractivity contribution in [3.05, 3.63) is 24.0 Å². The molecule has 0 spiro atoms. The van der Waals surface area contributed by atoms with Crippen molar-refractivity contribution in [2.45, 2.75) is 37.8 Å². The van der Waals surface area contributed by atoms with E-state index in [4.69, 9.17) is 9.47 Å². The molecule has 3 atom stereocenters. The summed E-state index contributed by atoms with van der Waals surface area (Å²) < 4.78 is 11.6. The lowest BCUT2D eigenvalue weighted by Gasteiger charge is -2.53. The Kier molecular flexibility index (Phi) is 4.51. The minimum atomic E-state index is -0.0102. The van der Waals surface area contributed by atoms with Crippen LogP contribution in [0.5, 0.6) is 0 Å². The molecule has 102 valence electrons. The molecule has 0 amide bonds. The van der Waals surface area contributed by atoms with Crippen LogP contribution in [0.15, 0.2) is 24.0 Å². The maximum atomic E-state index is 6.00. The molecule has 0 aromatic heterocycles. The molecule has 1 aliphatic carbocycles. The number of ether oxygens (including phenoxy) is 2. The number of nitrogens with two attached hydrogens (primary N) is 1. The Morgan fingerprint density at radius 1 is 1.39 bits per heavy atom. The summed E-state index contributed by atoms with van der Waals surface area (Å²) in [5.41, 5.74) is 1.51. The van der Waals surface area contributed by atoms with Crippen molar-refractivity contribution >= 4 is 0 Å². The third kappa shape index (κ3) is 2.26. The number of rotatable bonds is 0. The minimum absolute atomic E-state index is 0. The Morgan fingerprint density at radius 2 is 2.28 bits per heavy atom. The lowest BCUT2D eigenvalue weighted by atomic mass is 9.61. The van der Waals surface area contributed by atoms with E-state index in [9.17, 15) is 0 Å². The molecule has 0 radical (unpaired) electrons. The van der Waals surface area contributed by atoms with E-state index in [1.54, 1.807) is 0 Å². The van der Waals surface area contributed by atoms with Crippen LogP contribution >= 0.6 is 0 Å². The van der Waals surface area contributed by atoms with E-state index >= 15 is 0 Å². The Morgan fingerprint density at radius 3 is 3.11 bits per heavy atom. The van der Waals surface area contributed by atoms with Gasteiger partial charge in [0, 0.05) is 18.9 Å². The van der Waals surface area contributed by atoms with Crippen LogP contribution in [-0.4, -0.2) is 31.4 Å². The Bertz CT molecular complexity index is 356. The summed E-state index contributed by atoms with van der Waals surface area (Å²) in [6.45, 7) is 5.06. The van der Waals surface area contributed by atoms with Crippen LogP contribution in [0.2, 0.25) is 0 Å². The predicted octanol–water partition coefficient (Wildman–Crippen LogP) is -2.02. The van der Waals surface area contributed by atoms with Crippen molar-refractivity contribution in [1.29, 1.82) is 0 Å². The van der Waals surface area contributed by atoms with Crippen LogP contribution in [0.4, 0.5) is 0 Å². The zero-order valence-corrected chi connectivity index (χ0v) is 12.5. The van der Waals surface area contributed by atoms with Gasteiger partial charge in [-0.05, 0) is 31.4 Å². The largest absolute Gasteiger partial charge is 1.00 e. The average Bonchev–Trinajstić information content (AvgIpc) is 2.38. The quantitative estimate of drug-likeness (QED) is 0.524. The van der Waals surface area contributed by atoms with Crippen LogP contribution in [0.25, 0.3) is 0 Å². The van der Waals surface area contributed by atoms with Gasteiger partial charge in [-0.25, -0.2) is 0 Å². The van der Waals surface area contributed by atoms with E-state index < -0.39 is 0 Å². The molecule has 0 saturated heterocycles. The highest BCUT2D eigenvalue weighted by Crippen LogP contribution is 2.51. The summed E-state index contributed by atoms with van der Waals surface area (Å²) in [7, 11) is 0. The first-order chi connectivity index (χ1) is 8.33. The van der Waals surface area contributed by atoms with Crippen LogP contribution in [-0.2, 0) is 9.47 Å². The van der Waals surface area contributed by atoms with E-state index in [2.05, 4.69) is 24.4 Å². The van der Waals surface area contributed by atoms with E-state index in [1.807, 2.05) is 6.26 Å². The number of hydrogen-bond donors (Lipinski definition) is 1. The van der Waals surface area contributed by atoms with E-state index in [0.717, 1.165) is 39.0 Å². The number of allylic oxidation sites excluding steroid dienone is 2. The maximum Gasteiger partial charge on any atom is 0.181 e. The highest BCUT2D eigenvalue weighted by atomic mass is 79.9. The summed E-state index contributed by atoms with van der Waals surface area (Å²) in [6, 6.07) is 0.483. The van der Waals surface area contributed by atoms with Crippen LogP contribution in [0.1, 0.15) is 26.2 Å². The summed E-state index contributed by atoms with van der Waals surface area (Å²) in [4.78, 5) is 0. The zero-order valence-electron chi connectivity index (χ0n) is 10.9. The molecule has 4 heteroatoms. The molecular formula is C14H22BrNO2. The van der Waals surface area contributed by atoms with E-state index in [-0.39, 0.29) is 22.6 Å². The Balaban J connectivity index is 0.00000120. The smallest absolute Gasteiger partial charge is 0.181 e. The fourth-order valence-corrected chi connectivity index (χ4v) is 3.30. The summed E-state index contributed by atoms with van der Waals surface area (Å²) >= 11 is 0. The number of halogens is 1. The van der Waals surface area contributed by atoms with Crippen LogP contribution in [0.3, 0.4) is 0 Å². The van der Waals surface area contributed by atoms with Gasteiger partial charge in [-0.2, -0.15) is 0 Å². The molecule has 3 nitrogen and oxygen atoms in total. The molecule has 0 aromatic carbocycles. The van der Waals surface area contributed by atoms with Crippen molar-refractivity contribution in [3.63, 3.8) is 0 Å². The second-order valence-electron chi connectivity index (χ2n) is 5.37. The van der Waals surface area contributed by atoms with Gasteiger partial charge in [0.25, 0.3) is 0 Å². The van der Waals surface area contributed by atoms with Crippen LogP contribution < -0.4 is 22.3 Å². The molecule has 1 fully saturated rings. The lowest BCUT2D eigenvalue weighted by Crippen LogP contribution is -3.00. The first-order valence-electron chi connectivity index (χ1n) is 6.79. The molecule has 0 aromatic rings. The third-order valence-electron chi connectivity index (χ3n) is 4.38. The van der Waals surface area contributed by atoms with Gasteiger partial charge in [0.2, 0.25) is 0 Å². The zero-order chi connectivity index (χ0) is 11.7. The molecule has 3 unspecified atom stereocenters. The first-order valence-corrected chi connectivity index (χ1v) is 6.79. The molecule has 2 heterocycles. The Hall–Kier alpha value is -0.320. The van der Waals surface area contributed by atoms with Crippen molar-refractivity contribution in [1.82, 2.24) is 0 Å². The molecule has 3 aliphatic rings. The standard InChI is InChI=1S/C14H21NO2.BrH/c1-11-14-10-12(5-8-17-14)13(14)4-2-3-7-16-9-6-15-11;/h4-5,8,11-12,15H,2-3,6-7,9-10H2,1H3;1H/b13-4-;. The van der Waals surface area contributed by atoms with Crippen LogP contribution in [0, 0.1) is 5.92 Å². The van der Waals surface area contributed by atoms with E-state index in [1.165, 1.54) is 5.57 Å². The van der Waals surface area contributed by atoms with Crippen molar-refractivity contribution in [2.24, 2.45) is 5.92 Å². The molecule has 2 bridgehead atoms. The first kappa shape index (κ1) is 14.1. The van der Waals surface area contributed by atoms with Crippen molar-refractivity contribution in [3.8, 4) is 0 Å². The van der Waals surface area contributed by atoms with Gasteiger partial charge >= 0.3 is 0 Å². The molecule has 1 saturated carbocycles. The van der Waals surface area contributed by atoms with Gasteiger partial charge in [-0.15, -0.1) is 0 Å². The van der Waals surface area contributed by atoms with Gasteiger partial charge in [0.05, 0.1) is 19.4 Å². The van der Waals surface area contributed by atoms with Gasteiger partial charge in [-0.3, -0.25) is 0 Å². The second kappa shape index (κ2) is 5.76. The highest BCUT2D eigenvalue weighted by molar-refractivity contribution is 5.38. The normalized spacial score (nSPS) is 41.9. The fourth-order valence-electron chi connectivity index (χ4n) is 3.30. The molecule has 3 rings (SSSR count). The topological polar surface area (TPSA) is 35.1 Å². The predicted molar refractivity (Wildman–Crippen MR) is 65.5 cm³/mol. The maximum absolute atomic E-state index is 6.00. The van der Waals surface area contributed by atoms with Crippen molar-refractivity contribution in [2.75, 3.05) is 19.8 Å². The summed E-state index contributed by atoms with van der Waals surface area (Å²) in [5, 5.41) is 2.37. The second-order valence-corrected chi connectivity index (χ2v) is 5.37. The summed E-state index contributed by atoms with van der Waals surface area (Å²) in [6.07, 6.45) is 9.93. The third-order valence-corrected chi connectivity index (χ3v) is 4.38. The Labute approximate surface area is 119 Å². The lowest BCUT2D eigenvalue weighted by molar-refractivity contribution is -0.701. The minimum Gasteiger partial charge on any atom is -1.00 e. The fraction of sp³-hybridized carbons (Fsp3) is 0.714. The SMILES string of the molecule is CC1[NH2+]CCOCCC/C=C2/C3C=COC21C3.[Br-]. The molecule has 18 heavy (non-hydrogen) atoms. The summed E-state index contributed by atoms with van der Waals surface area (Å²) in [5.74, 6) is 0.640. The van der Waals surface area contributed by atoms with E-state index in [0.29, 0.717) is 12.0 Å². The molecular weight excluding hydrogens is 294 g/mol. The van der Waals surface area contributed by atoms with Crippen molar-refractivity contribution < 1.29 is 31.8 Å². The molecule has 2 N–H and O–H groups in total. The molecule has 2 aliphatic heterocycles.